The summed E-state index contributed by atoms with van der Waals surface area (Å²) in [5.74, 6) is -0.576. The molecule has 1 unspecified atom stereocenters. The molecule has 0 heterocycles. The zero-order valence-electron chi connectivity index (χ0n) is 8.10. The van der Waals surface area contributed by atoms with Crippen molar-refractivity contribution in [2.24, 2.45) is 0 Å². The highest BCUT2D eigenvalue weighted by Gasteiger charge is 2.11. The Morgan fingerprint density at radius 3 is 2.80 bits per heavy atom. The van der Waals surface area contributed by atoms with Crippen molar-refractivity contribution in [3.63, 3.8) is 0 Å². The van der Waals surface area contributed by atoms with Crippen molar-refractivity contribution >= 4 is 17.0 Å². The molecule has 0 aliphatic heterocycles. The molecule has 1 aromatic rings. The molecule has 0 bridgehead atoms. The smallest absolute Gasteiger partial charge is 0.335 e. The van der Waals surface area contributed by atoms with Gasteiger partial charge in [0, 0.05) is 6.08 Å². The number of ether oxygens (including phenoxy) is 1. The highest BCUT2D eigenvalue weighted by molar-refractivity contribution is 7.79. The number of carbonyl (C=O) groups is 1. The quantitative estimate of drug-likeness (QED) is 0.368. The number of hydrogen-bond donors (Lipinski definition) is 1. The second kappa shape index (κ2) is 4.86. The van der Waals surface area contributed by atoms with Gasteiger partial charge in [0.2, 0.25) is 0 Å². The lowest BCUT2D eigenvalue weighted by Gasteiger charge is -2.06. The van der Waals surface area contributed by atoms with Gasteiger partial charge in [0.15, 0.2) is 11.1 Å². The lowest BCUT2D eigenvalue weighted by Crippen LogP contribution is -2.06. The van der Waals surface area contributed by atoms with Crippen LogP contribution in [-0.2, 0) is 15.9 Å². The van der Waals surface area contributed by atoms with Gasteiger partial charge in [-0.1, -0.05) is 12.6 Å². The van der Waals surface area contributed by atoms with Crippen LogP contribution < -0.4 is 4.74 Å². The van der Waals surface area contributed by atoms with Crippen molar-refractivity contribution in [1.29, 1.82) is 0 Å². The first-order chi connectivity index (χ1) is 7.04. The summed E-state index contributed by atoms with van der Waals surface area (Å²) >= 11 is -2.18. The fourth-order valence-corrected chi connectivity index (χ4v) is 1.45. The monoisotopic (exact) mass is 226 g/mol. The largest absolute Gasteiger partial charge is 0.422 e. The Bertz CT molecular complexity index is 425. The molecule has 0 saturated carbocycles. The molecular weight excluding hydrogens is 216 g/mol. The fourth-order valence-electron chi connectivity index (χ4n) is 0.989. The molecule has 80 valence electrons. The predicted molar refractivity (Wildman–Crippen MR) is 56.0 cm³/mol. The van der Waals surface area contributed by atoms with Gasteiger partial charge in [-0.15, -0.1) is 0 Å². The maximum absolute atomic E-state index is 10.9. The predicted octanol–water partition coefficient (Wildman–Crippen LogP) is 1.67. The molecule has 1 aromatic carbocycles. The van der Waals surface area contributed by atoms with E-state index in [2.05, 4.69) is 6.58 Å². The Labute approximate surface area is 89.9 Å². The average Bonchev–Trinajstić information content (AvgIpc) is 2.17. The molecule has 1 rings (SSSR count). The van der Waals surface area contributed by atoms with Crippen LogP contribution in [0.2, 0.25) is 0 Å². The molecule has 1 atom stereocenters. The van der Waals surface area contributed by atoms with Crippen LogP contribution in [0.1, 0.15) is 5.56 Å². The molecule has 4 nitrogen and oxygen atoms in total. The number of benzene rings is 1. The first kappa shape index (κ1) is 11.6. The van der Waals surface area contributed by atoms with E-state index in [0.29, 0.717) is 0 Å². The number of rotatable bonds is 3. The summed E-state index contributed by atoms with van der Waals surface area (Å²) in [5.41, 5.74) is 0.830. The van der Waals surface area contributed by atoms with Crippen molar-refractivity contribution in [2.45, 2.75) is 11.8 Å². The minimum Gasteiger partial charge on any atom is -0.422 e. The van der Waals surface area contributed by atoms with E-state index in [1.54, 1.807) is 13.0 Å². The van der Waals surface area contributed by atoms with Crippen molar-refractivity contribution < 1.29 is 18.3 Å². The summed E-state index contributed by atoms with van der Waals surface area (Å²) in [6.07, 6.45) is 0.992. The van der Waals surface area contributed by atoms with Crippen molar-refractivity contribution in [1.82, 2.24) is 0 Å². The van der Waals surface area contributed by atoms with Gasteiger partial charge < -0.3 is 9.29 Å². The third-order valence-corrected chi connectivity index (χ3v) is 2.38. The van der Waals surface area contributed by atoms with Crippen molar-refractivity contribution in [3.05, 3.63) is 36.4 Å². The van der Waals surface area contributed by atoms with Gasteiger partial charge in [-0.25, -0.2) is 9.00 Å². The lowest BCUT2D eigenvalue weighted by molar-refractivity contribution is -0.129. The first-order valence-corrected chi connectivity index (χ1v) is 5.21. The summed E-state index contributed by atoms with van der Waals surface area (Å²) in [5, 5.41) is 0. The van der Waals surface area contributed by atoms with Crippen LogP contribution in [0.15, 0.2) is 35.7 Å². The normalized spacial score (nSPS) is 11.9. The maximum Gasteiger partial charge on any atom is 0.335 e. The van der Waals surface area contributed by atoms with Crippen LogP contribution in [0.5, 0.6) is 5.75 Å². The molecule has 0 radical (unpaired) electrons. The molecule has 0 fully saturated rings. The molecule has 1 N–H and O–H groups in total. The van der Waals surface area contributed by atoms with Crippen LogP contribution >= 0.6 is 0 Å². The van der Waals surface area contributed by atoms with E-state index in [4.69, 9.17) is 9.29 Å². The number of aryl methyl sites for hydroxylation is 1. The highest BCUT2D eigenvalue weighted by Crippen LogP contribution is 2.23. The van der Waals surface area contributed by atoms with E-state index >= 15 is 0 Å². The summed E-state index contributed by atoms with van der Waals surface area (Å²) in [7, 11) is 0. The van der Waals surface area contributed by atoms with E-state index in [0.717, 1.165) is 11.6 Å². The average molecular weight is 226 g/mol. The van der Waals surface area contributed by atoms with Gasteiger partial charge in [-0.05, 0) is 24.6 Å². The Kier molecular flexibility index (Phi) is 3.76. The number of carbonyl (C=O) groups excluding carboxylic acids is 1. The Morgan fingerprint density at radius 2 is 2.27 bits per heavy atom. The molecule has 0 aliphatic carbocycles. The van der Waals surface area contributed by atoms with Crippen molar-refractivity contribution in [2.75, 3.05) is 0 Å². The maximum atomic E-state index is 10.9. The molecule has 0 saturated heterocycles. The van der Waals surface area contributed by atoms with E-state index in [1.807, 2.05) is 0 Å². The fraction of sp³-hybridized carbons (Fsp3) is 0.100. The zero-order chi connectivity index (χ0) is 11.4. The van der Waals surface area contributed by atoms with Gasteiger partial charge in [0.25, 0.3) is 0 Å². The van der Waals surface area contributed by atoms with Gasteiger partial charge in [0.1, 0.15) is 10.6 Å². The van der Waals surface area contributed by atoms with E-state index in [1.165, 1.54) is 12.1 Å². The van der Waals surface area contributed by atoms with Crippen LogP contribution in [0, 0.1) is 6.92 Å². The minimum atomic E-state index is -2.18. The molecule has 0 spiro atoms. The summed E-state index contributed by atoms with van der Waals surface area (Å²) < 4.78 is 24.7. The molecule has 0 amide bonds. The van der Waals surface area contributed by atoms with Crippen LogP contribution in [0.4, 0.5) is 0 Å². The zero-order valence-corrected chi connectivity index (χ0v) is 8.91. The third-order valence-electron chi connectivity index (χ3n) is 1.66. The van der Waals surface area contributed by atoms with Crippen molar-refractivity contribution in [3.8, 4) is 5.75 Å². The molecule has 5 heteroatoms. The van der Waals surface area contributed by atoms with Gasteiger partial charge in [-0.3, -0.25) is 0 Å². The van der Waals surface area contributed by atoms with Gasteiger partial charge in [0.05, 0.1) is 0 Å². The molecule has 0 aliphatic rings. The number of esters is 1. The second-order valence-corrected chi connectivity index (χ2v) is 3.76. The van der Waals surface area contributed by atoms with Gasteiger partial charge >= 0.3 is 5.97 Å². The first-order valence-electron chi connectivity index (χ1n) is 4.10. The second-order valence-electron chi connectivity index (χ2n) is 2.82. The molecular formula is C10H10O4S. The SMILES string of the molecule is C=CC(=O)Oc1cc(C)ccc1S(=O)O. The van der Waals surface area contributed by atoms with Crippen LogP contribution in [0.3, 0.4) is 0 Å². The summed E-state index contributed by atoms with van der Waals surface area (Å²) in [4.78, 5) is 11.0. The Hall–Kier alpha value is -1.46. The molecule has 0 aromatic heterocycles. The lowest BCUT2D eigenvalue weighted by atomic mass is 10.2. The van der Waals surface area contributed by atoms with Crippen LogP contribution in [0.25, 0.3) is 0 Å². The summed E-state index contributed by atoms with van der Waals surface area (Å²) in [6, 6.07) is 4.62. The summed E-state index contributed by atoms with van der Waals surface area (Å²) in [6.45, 7) is 5.03. The standard InChI is InChI=1S/C10H10O4S/c1-3-10(11)14-8-6-7(2)4-5-9(8)15(12)13/h3-6H,1H2,2H3,(H,12,13). The van der Waals surface area contributed by atoms with E-state index in [9.17, 15) is 9.00 Å². The third kappa shape index (κ3) is 3.00. The topological polar surface area (TPSA) is 63.6 Å². The minimum absolute atomic E-state index is 0.0656. The Balaban J connectivity index is 3.12. The van der Waals surface area contributed by atoms with Gasteiger partial charge in [-0.2, -0.15) is 0 Å². The Morgan fingerprint density at radius 1 is 1.60 bits per heavy atom. The van der Waals surface area contributed by atoms with E-state index in [-0.39, 0.29) is 10.6 Å². The molecule has 15 heavy (non-hydrogen) atoms. The van der Waals surface area contributed by atoms with Crippen LogP contribution in [-0.4, -0.2) is 14.7 Å². The van der Waals surface area contributed by atoms with E-state index < -0.39 is 17.0 Å². The number of hydrogen-bond acceptors (Lipinski definition) is 3. The highest BCUT2D eigenvalue weighted by atomic mass is 32.2.